The highest BCUT2D eigenvalue weighted by Crippen LogP contribution is 2.57. The van der Waals surface area contributed by atoms with E-state index in [4.69, 9.17) is 19.6 Å². The van der Waals surface area contributed by atoms with Crippen LogP contribution in [0.2, 0.25) is 0 Å². The number of fused-ring (bicyclic) bond motifs is 1. The molecule has 2 heterocycles. The SMILES string of the molecule is NS(=O)(=O)c1ccc(-n2nc(COc3ccccc3)nc2[C@@]23COC[C@H]2C3)cc1. The maximum Gasteiger partial charge on any atom is 0.238 e. The molecule has 1 aromatic heterocycles. The van der Waals surface area contributed by atoms with Gasteiger partial charge in [0.05, 0.1) is 29.2 Å². The van der Waals surface area contributed by atoms with E-state index in [1.54, 1.807) is 16.8 Å². The molecule has 150 valence electrons. The second-order valence-corrected chi connectivity index (χ2v) is 9.04. The van der Waals surface area contributed by atoms with Crippen molar-refractivity contribution in [1.29, 1.82) is 0 Å². The van der Waals surface area contributed by atoms with Gasteiger partial charge in [-0.3, -0.25) is 0 Å². The largest absolute Gasteiger partial charge is 0.486 e. The number of benzene rings is 2. The summed E-state index contributed by atoms with van der Waals surface area (Å²) in [5, 5.41) is 9.85. The third kappa shape index (κ3) is 3.31. The number of aromatic nitrogens is 3. The normalized spacial score (nSPS) is 23.0. The molecule has 2 N–H and O–H groups in total. The number of rotatable bonds is 6. The van der Waals surface area contributed by atoms with Crippen molar-refractivity contribution in [3.63, 3.8) is 0 Å². The zero-order valence-corrected chi connectivity index (χ0v) is 16.4. The fraction of sp³-hybridized carbons (Fsp3) is 0.300. The van der Waals surface area contributed by atoms with Crippen LogP contribution in [0.25, 0.3) is 5.69 Å². The number of sulfonamides is 1. The molecular weight excluding hydrogens is 392 g/mol. The Balaban J connectivity index is 1.49. The minimum absolute atomic E-state index is 0.0576. The summed E-state index contributed by atoms with van der Waals surface area (Å²) >= 11 is 0. The smallest absolute Gasteiger partial charge is 0.238 e. The quantitative estimate of drug-likeness (QED) is 0.661. The molecular formula is C20H20N4O4S. The monoisotopic (exact) mass is 412 g/mol. The van der Waals surface area contributed by atoms with Crippen molar-refractivity contribution >= 4 is 10.0 Å². The maximum atomic E-state index is 11.5. The lowest BCUT2D eigenvalue weighted by Crippen LogP contribution is -2.18. The molecule has 2 fully saturated rings. The van der Waals surface area contributed by atoms with Crippen molar-refractivity contribution in [3.8, 4) is 11.4 Å². The van der Waals surface area contributed by atoms with Crippen molar-refractivity contribution < 1.29 is 17.9 Å². The minimum atomic E-state index is -3.75. The molecule has 1 saturated heterocycles. The summed E-state index contributed by atoms with van der Waals surface area (Å²) in [7, 11) is -3.75. The van der Waals surface area contributed by atoms with Crippen LogP contribution in [0.15, 0.2) is 59.5 Å². The van der Waals surface area contributed by atoms with Gasteiger partial charge in [0, 0.05) is 0 Å². The second kappa shape index (κ2) is 6.65. The van der Waals surface area contributed by atoms with E-state index < -0.39 is 10.0 Å². The molecule has 9 heteroatoms. The van der Waals surface area contributed by atoms with E-state index in [-0.39, 0.29) is 16.9 Å². The molecule has 0 bridgehead atoms. The molecule has 2 aromatic carbocycles. The topological polar surface area (TPSA) is 109 Å². The van der Waals surface area contributed by atoms with Gasteiger partial charge in [0.1, 0.15) is 18.2 Å². The van der Waals surface area contributed by atoms with Gasteiger partial charge in [-0.1, -0.05) is 18.2 Å². The highest BCUT2D eigenvalue weighted by molar-refractivity contribution is 7.89. The van der Waals surface area contributed by atoms with Gasteiger partial charge in [-0.25, -0.2) is 23.2 Å². The van der Waals surface area contributed by atoms with Crippen molar-refractivity contribution in [1.82, 2.24) is 14.8 Å². The molecule has 5 rings (SSSR count). The Morgan fingerprint density at radius 2 is 1.93 bits per heavy atom. The number of hydrogen-bond acceptors (Lipinski definition) is 6. The number of ether oxygens (including phenoxy) is 2. The van der Waals surface area contributed by atoms with Gasteiger partial charge in [-0.15, -0.1) is 5.10 Å². The molecule has 8 nitrogen and oxygen atoms in total. The molecule has 0 radical (unpaired) electrons. The van der Waals surface area contributed by atoms with Crippen molar-refractivity contribution in [3.05, 3.63) is 66.2 Å². The molecule has 0 amide bonds. The van der Waals surface area contributed by atoms with E-state index in [2.05, 4.69) is 5.10 Å². The van der Waals surface area contributed by atoms with Gasteiger partial charge in [-0.05, 0) is 48.7 Å². The van der Waals surface area contributed by atoms with Crippen LogP contribution >= 0.6 is 0 Å². The lowest BCUT2D eigenvalue weighted by molar-refractivity contribution is 0.158. The van der Waals surface area contributed by atoms with Crippen LogP contribution in [0.3, 0.4) is 0 Å². The molecule has 29 heavy (non-hydrogen) atoms. The van der Waals surface area contributed by atoms with Crippen LogP contribution in [0.1, 0.15) is 18.1 Å². The van der Waals surface area contributed by atoms with E-state index in [9.17, 15) is 8.42 Å². The summed E-state index contributed by atoms with van der Waals surface area (Å²) in [5.74, 6) is 2.58. The first kappa shape index (κ1) is 18.3. The summed E-state index contributed by atoms with van der Waals surface area (Å²) in [6.07, 6.45) is 1.01. The molecule has 2 atom stereocenters. The Bertz CT molecular complexity index is 1140. The van der Waals surface area contributed by atoms with Crippen LogP contribution in [-0.2, 0) is 26.8 Å². The van der Waals surface area contributed by atoms with Crippen LogP contribution < -0.4 is 9.88 Å². The Morgan fingerprint density at radius 1 is 1.17 bits per heavy atom. The van der Waals surface area contributed by atoms with E-state index in [0.717, 1.165) is 30.3 Å². The Kier molecular flexibility index (Phi) is 4.19. The number of nitrogens with zero attached hydrogens (tertiary/aromatic N) is 3. The number of primary sulfonamides is 1. The number of para-hydroxylation sites is 1. The lowest BCUT2D eigenvalue weighted by atomic mass is 10.1. The molecule has 0 unspecified atom stereocenters. The van der Waals surface area contributed by atoms with Gasteiger partial charge in [0.25, 0.3) is 0 Å². The second-order valence-electron chi connectivity index (χ2n) is 7.48. The third-order valence-corrected chi connectivity index (χ3v) is 6.46. The predicted molar refractivity (Wildman–Crippen MR) is 104 cm³/mol. The zero-order valence-electron chi connectivity index (χ0n) is 15.6. The van der Waals surface area contributed by atoms with Crippen LogP contribution in [0, 0.1) is 5.92 Å². The van der Waals surface area contributed by atoms with E-state index in [0.29, 0.717) is 18.3 Å². The van der Waals surface area contributed by atoms with E-state index in [1.165, 1.54) is 12.1 Å². The van der Waals surface area contributed by atoms with Gasteiger partial charge >= 0.3 is 0 Å². The highest BCUT2D eigenvalue weighted by Gasteiger charge is 2.62. The number of hydrogen-bond donors (Lipinski definition) is 1. The standard InChI is InChI=1S/C20H20N4O4S/c21-29(25,26)17-8-6-15(7-9-17)24-19(20-10-14(20)11-27-13-20)22-18(23-24)12-28-16-4-2-1-3-5-16/h1-9,14H,10-13H2,(H2,21,25,26)/t14-,20+/m1/s1. The lowest BCUT2D eigenvalue weighted by Gasteiger charge is -2.12. The first-order valence-electron chi connectivity index (χ1n) is 9.31. The van der Waals surface area contributed by atoms with E-state index >= 15 is 0 Å². The van der Waals surface area contributed by atoms with Gasteiger partial charge in [-0.2, -0.15) is 0 Å². The van der Waals surface area contributed by atoms with Gasteiger partial charge in [0.15, 0.2) is 5.82 Å². The van der Waals surface area contributed by atoms with Gasteiger partial charge in [0.2, 0.25) is 10.0 Å². The van der Waals surface area contributed by atoms with E-state index in [1.807, 2.05) is 30.3 Å². The molecule has 0 spiro atoms. The third-order valence-electron chi connectivity index (χ3n) is 5.53. The molecule has 1 saturated carbocycles. The fourth-order valence-electron chi connectivity index (χ4n) is 3.86. The number of nitrogens with two attached hydrogens (primary N) is 1. The summed E-state index contributed by atoms with van der Waals surface area (Å²) < 4.78 is 36.3. The maximum absolute atomic E-state index is 11.5. The first-order chi connectivity index (χ1) is 14.0. The van der Waals surface area contributed by atoms with Crippen LogP contribution in [0.4, 0.5) is 0 Å². The molecule has 1 aliphatic heterocycles. The van der Waals surface area contributed by atoms with Crippen molar-refractivity contribution in [2.75, 3.05) is 13.2 Å². The predicted octanol–water partition coefficient (Wildman–Crippen LogP) is 1.78. The Morgan fingerprint density at radius 3 is 2.55 bits per heavy atom. The summed E-state index contributed by atoms with van der Waals surface area (Å²) in [6.45, 7) is 1.58. The molecule has 2 aliphatic rings. The molecule has 3 aromatic rings. The first-order valence-corrected chi connectivity index (χ1v) is 10.9. The van der Waals surface area contributed by atoms with Gasteiger partial charge < -0.3 is 9.47 Å². The molecule has 1 aliphatic carbocycles. The average molecular weight is 412 g/mol. The van der Waals surface area contributed by atoms with Crippen LogP contribution in [-0.4, -0.2) is 36.4 Å². The summed E-state index contributed by atoms with van der Waals surface area (Å²) in [6, 6.07) is 15.8. The fourth-order valence-corrected chi connectivity index (χ4v) is 4.37. The zero-order chi connectivity index (χ0) is 20.1. The van der Waals surface area contributed by atoms with Crippen molar-refractivity contribution in [2.45, 2.75) is 23.3 Å². The summed E-state index contributed by atoms with van der Waals surface area (Å²) in [5.41, 5.74) is 0.592. The average Bonchev–Trinajstić information content (AvgIpc) is 3.07. The van der Waals surface area contributed by atoms with Crippen molar-refractivity contribution in [2.24, 2.45) is 11.1 Å². The Labute approximate surface area is 168 Å². The Hall–Kier alpha value is -2.75. The highest BCUT2D eigenvalue weighted by atomic mass is 32.2. The van der Waals surface area contributed by atoms with Crippen LogP contribution in [0.5, 0.6) is 5.75 Å². The summed E-state index contributed by atoms with van der Waals surface area (Å²) in [4.78, 5) is 4.83. The minimum Gasteiger partial charge on any atom is -0.486 e.